The third kappa shape index (κ3) is 9.52. The maximum atomic E-state index is 13.3. The van der Waals surface area contributed by atoms with Gasteiger partial charge in [-0.2, -0.15) is 0 Å². The highest BCUT2D eigenvalue weighted by atomic mass is 16.6. The molecule has 0 aliphatic rings. The molecule has 0 aliphatic heterocycles. The van der Waals surface area contributed by atoms with Crippen LogP contribution in [0.15, 0.2) is 42.5 Å². The van der Waals surface area contributed by atoms with Crippen LogP contribution < -0.4 is 19.5 Å². The Balaban J connectivity index is 2.12. The molecule has 2 rings (SSSR count). The molecule has 0 saturated heterocycles. The maximum Gasteiger partial charge on any atom is 0.349 e. The van der Waals surface area contributed by atoms with Crippen LogP contribution in [-0.4, -0.2) is 49.9 Å². The Kier molecular flexibility index (Phi) is 12.1. The average Bonchev–Trinajstić information content (AvgIpc) is 2.89. The molecule has 0 fully saturated rings. The van der Waals surface area contributed by atoms with Crippen LogP contribution in [0.3, 0.4) is 0 Å². The van der Waals surface area contributed by atoms with Crippen molar-refractivity contribution in [2.24, 2.45) is 0 Å². The van der Waals surface area contributed by atoms with Gasteiger partial charge in [0, 0.05) is 19.2 Å². The zero-order valence-electron chi connectivity index (χ0n) is 23.1. The molecule has 0 saturated carbocycles. The van der Waals surface area contributed by atoms with Gasteiger partial charge in [-0.3, -0.25) is 0 Å². The molecular formula is C29H42N2O6. The second-order valence-electron chi connectivity index (χ2n) is 9.31. The molecule has 1 N–H and O–H groups in total. The Labute approximate surface area is 221 Å². The largest absolute Gasteiger partial charge is 0.497 e. The average molecular weight is 515 g/mol. The predicted molar refractivity (Wildman–Crippen MR) is 146 cm³/mol. The van der Waals surface area contributed by atoms with Crippen molar-refractivity contribution in [1.29, 1.82) is 0 Å². The van der Waals surface area contributed by atoms with E-state index >= 15 is 0 Å². The molecule has 0 atom stereocenters. The lowest BCUT2D eigenvalue weighted by molar-refractivity contribution is -0.158. The first kappa shape index (κ1) is 29.8. The molecule has 0 aliphatic carbocycles. The molecule has 2 amide bonds. The number of hydrogen-bond acceptors (Lipinski definition) is 6. The number of nitrogens with one attached hydrogen (secondary N) is 1. The van der Waals surface area contributed by atoms with E-state index in [1.54, 1.807) is 70.2 Å². The fourth-order valence-corrected chi connectivity index (χ4v) is 3.78. The molecule has 37 heavy (non-hydrogen) atoms. The standard InChI is InChI=1S/C29H42N2O6/c1-7-9-10-11-12-19-31(28(33)30-25-18-17-24(34-5)20-26(25)35-6)21-22-13-15-23(16-14-22)37-29(3,4)27(32)36-8-2/h13-18,20H,7-12,19,21H2,1-6H3,(H,30,33). The lowest BCUT2D eigenvalue weighted by Gasteiger charge is -2.25. The minimum absolute atomic E-state index is 0.206. The summed E-state index contributed by atoms with van der Waals surface area (Å²) >= 11 is 0. The number of rotatable bonds is 15. The molecule has 0 heterocycles. The summed E-state index contributed by atoms with van der Waals surface area (Å²) in [6.45, 7) is 8.65. The Bertz CT molecular complexity index is 990. The van der Waals surface area contributed by atoms with E-state index in [0.717, 1.165) is 24.8 Å². The Hall–Kier alpha value is -3.42. The molecule has 8 heteroatoms. The van der Waals surface area contributed by atoms with Gasteiger partial charge in [0.2, 0.25) is 0 Å². The van der Waals surface area contributed by atoms with Crippen LogP contribution in [0.1, 0.15) is 65.4 Å². The summed E-state index contributed by atoms with van der Waals surface area (Å²) < 4.78 is 21.6. The summed E-state index contributed by atoms with van der Waals surface area (Å²) in [6.07, 6.45) is 5.50. The Morgan fingerprint density at radius 1 is 0.892 bits per heavy atom. The number of anilines is 1. The molecular weight excluding hydrogens is 472 g/mol. The van der Waals surface area contributed by atoms with Crippen molar-refractivity contribution in [3.8, 4) is 17.2 Å². The lowest BCUT2D eigenvalue weighted by Crippen LogP contribution is -2.39. The fraction of sp³-hybridized carbons (Fsp3) is 0.517. The van der Waals surface area contributed by atoms with Gasteiger partial charge >= 0.3 is 12.0 Å². The number of nitrogens with zero attached hydrogens (tertiary/aromatic N) is 1. The van der Waals surface area contributed by atoms with E-state index in [1.807, 2.05) is 12.1 Å². The van der Waals surface area contributed by atoms with E-state index in [2.05, 4.69) is 12.2 Å². The highest BCUT2D eigenvalue weighted by Crippen LogP contribution is 2.29. The minimum atomic E-state index is -1.10. The van der Waals surface area contributed by atoms with Gasteiger partial charge in [0.05, 0.1) is 26.5 Å². The van der Waals surface area contributed by atoms with Crippen molar-refractivity contribution in [2.75, 3.05) is 32.7 Å². The van der Waals surface area contributed by atoms with Crippen LogP contribution in [0.4, 0.5) is 10.5 Å². The highest BCUT2D eigenvalue weighted by molar-refractivity contribution is 5.91. The molecule has 0 aromatic heterocycles. The van der Waals surface area contributed by atoms with Crippen LogP contribution in [0.5, 0.6) is 17.2 Å². The van der Waals surface area contributed by atoms with Gasteiger partial charge in [-0.1, -0.05) is 44.7 Å². The molecule has 0 spiro atoms. The topological polar surface area (TPSA) is 86.3 Å². The number of methoxy groups -OCH3 is 2. The maximum absolute atomic E-state index is 13.3. The normalized spacial score (nSPS) is 11.0. The summed E-state index contributed by atoms with van der Waals surface area (Å²) in [4.78, 5) is 27.2. The van der Waals surface area contributed by atoms with Gasteiger partial charge in [0.1, 0.15) is 17.2 Å². The highest BCUT2D eigenvalue weighted by Gasteiger charge is 2.31. The van der Waals surface area contributed by atoms with Crippen molar-refractivity contribution in [1.82, 2.24) is 4.90 Å². The molecule has 0 unspecified atom stereocenters. The van der Waals surface area contributed by atoms with Crippen molar-refractivity contribution in [2.45, 2.75) is 71.9 Å². The van der Waals surface area contributed by atoms with Gasteiger partial charge in [0.15, 0.2) is 5.60 Å². The number of carbonyl (C=O) groups is 2. The summed E-state index contributed by atoms with van der Waals surface area (Å²) in [5.74, 6) is 1.32. The SMILES string of the molecule is CCCCCCCN(Cc1ccc(OC(C)(C)C(=O)OCC)cc1)C(=O)Nc1ccc(OC)cc1OC. The molecule has 0 radical (unpaired) electrons. The molecule has 2 aromatic carbocycles. The second kappa shape index (κ2) is 15.0. The zero-order chi connectivity index (χ0) is 27.3. The zero-order valence-corrected chi connectivity index (χ0v) is 23.1. The Morgan fingerprint density at radius 2 is 1.57 bits per heavy atom. The van der Waals surface area contributed by atoms with Gasteiger partial charge in [-0.25, -0.2) is 9.59 Å². The molecule has 2 aromatic rings. The summed E-state index contributed by atoms with van der Waals surface area (Å²) in [7, 11) is 3.14. The minimum Gasteiger partial charge on any atom is -0.497 e. The monoisotopic (exact) mass is 514 g/mol. The number of amides is 2. The third-order valence-corrected chi connectivity index (χ3v) is 5.91. The van der Waals surface area contributed by atoms with Crippen LogP contribution in [0, 0.1) is 0 Å². The van der Waals surface area contributed by atoms with Crippen LogP contribution in [0.25, 0.3) is 0 Å². The molecule has 0 bridgehead atoms. The first-order valence-corrected chi connectivity index (χ1v) is 13.0. The summed E-state index contributed by atoms with van der Waals surface area (Å²) in [5, 5.41) is 2.98. The number of urea groups is 1. The van der Waals surface area contributed by atoms with E-state index in [0.29, 0.717) is 42.6 Å². The van der Waals surface area contributed by atoms with Gasteiger partial charge in [-0.15, -0.1) is 0 Å². The van der Waals surface area contributed by atoms with E-state index in [9.17, 15) is 9.59 Å². The second-order valence-corrected chi connectivity index (χ2v) is 9.31. The number of benzene rings is 2. The van der Waals surface area contributed by atoms with Crippen molar-refractivity contribution in [3.05, 3.63) is 48.0 Å². The first-order valence-electron chi connectivity index (χ1n) is 13.0. The quantitative estimate of drug-likeness (QED) is 0.218. The number of ether oxygens (including phenoxy) is 4. The Morgan fingerprint density at radius 3 is 2.19 bits per heavy atom. The molecule has 8 nitrogen and oxygen atoms in total. The fourth-order valence-electron chi connectivity index (χ4n) is 3.78. The van der Waals surface area contributed by atoms with Crippen LogP contribution in [-0.2, 0) is 16.1 Å². The number of esters is 1. The van der Waals surface area contributed by atoms with Crippen molar-refractivity contribution in [3.63, 3.8) is 0 Å². The van der Waals surface area contributed by atoms with Crippen LogP contribution >= 0.6 is 0 Å². The number of carbonyl (C=O) groups excluding carboxylic acids is 2. The summed E-state index contributed by atoms with van der Waals surface area (Å²) in [5.41, 5.74) is 0.431. The summed E-state index contributed by atoms with van der Waals surface area (Å²) in [6, 6.07) is 12.5. The smallest absolute Gasteiger partial charge is 0.349 e. The third-order valence-electron chi connectivity index (χ3n) is 5.91. The van der Waals surface area contributed by atoms with Gasteiger partial charge < -0.3 is 29.2 Å². The predicted octanol–water partition coefficient (Wildman–Crippen LogP) is 6.43. The van der Waals surface area contributed by atoms with Crippen molar-refractivity contribution >= 4 is 17.7 Å². The van der Waals surface area contributed by atoms with E-state index in [-0.39, 0.29) is 6.03 Å². The van der Waals surface area contributed by atoms with E-state index in [4.69, 9.17) is 18.9 Å². The van der Waals surface area contributed by atoms with Crippen molar-refractivity contribution < 1.29 is 28.5 Å². The number of unbranched alkanes of at least 4 members (excludes halogenated alkanes) is 4. The van der Waals surface area contributed by atoms with Gasteiger partial charge in [-0.05, 0) is 57.0 Å². The first-order chi connectivity index (χ1) is 17.7. The lowest BCUT2D eigenvalue weighted by atomic mass is 10.1. The number of hydrogen-bond donors (Lipinski definition) is 1. The van der Waals surface area contributed by atoms with E-state index in [1.165, 1.54) is 12.8 Å². The molecule has 204 valence electrons. The van der Waals surface area contributed by atoms with Crippen LogP contribution in [0.2, 0.25) is 0 Å². The van der Waals surface area contributed by atoms with E-state index < -0.39 is 11.6 Å². The van der Waals surface area contributed by atoms with Gasteiger partial charge in [0.25, 0.3) is 0 Å².